The van der Waals surface area contributed by atoms with Gasteiger partial charge < -0.3 is 9.47 Å². The van der Waals surface area contributed by atoms with Crippen molar-refractivity contribution in [1.29, 1.82) is 0 Å². The first kappa shape index (κ1) is 12.2. The number of ether oxygens (including phenoxy) is 2. The van der Waals surface area contributed by atoms with E-state index in [9.17, 15) is 4.79 Å². The van der Waals surface area contributed by atoms with E-state index in [1.54, 1.807) is 24.3 Å². The van der Waals surface area contributed by atoms with E-state index in [4.69, 9.17) is 9.47 Å². The van der Waals surface area contributed by atoms with Crippen LogP contribution in [0.15, 0.2) is 24.3 Å². The highest BCUT2D eigenvalue weighted by atomic mass is 79.9. The van der Waals surface area contributed by atoms with Crippen LogP contribution in [0.4, 0.5) is 0 Å². The van der Waals surface area contributed by atoms with Crippen LogP contribution in [0.1, 0.15) is 10.4 Å². The maximum Gasteiger partial charge on any atom is 0.150 e. The molecule has 1 aromatic carbocycles. The molecule has 1 rings (SSSR count). The van der Waals surface area contributed by atoms with Gasteiger partial charge in [0, 0.05) is 10.9 Å². The van der Waals surface area contributed by atoms with E-state index in [2.05, 4.69) is 15.9 Å². The van der Waals surface area contributed by atoms with Crippen LogP contribution in [0, 0.1) is 0 Å². The summed E-state index contributed by atoms with van der Waals surface area (Å²) in [5.74, 6) is 0.753. The fraction of sp³-hybridized carbons (Fsp3) is 0.364. The first-order valence-electron chi connectivity index (χ1n) is 4.68. The molecule has 0 unspecified atom stereocenters. The largest absolute Gasteiger partial charge is 0.491 e. The molecule has 0 aliphatic carbocycles. The lowest BCUT2D eigenvalue weighted by atomic mass is 10.2. The van der Waals surface area contributed by atoms with E-state index >= 15 is 0 Å². The summed E-state index contributed by atoms with van der Waals surface area (Å²) in [6.07, 6.45) is 0.808. The van der Waals surface area contributed by atoms with E-state index in [-0.39, 0.29) is 0 Å². The van der Waals surface area contributed by atoms with E-state index in [0.29, 0.717) is 25.4 Å². The number of hydrogen-bond acceptors (Lipinski definition) is 3. The monoisotopic (exact) mass is 272 g/mol. The van der Waals surface area contributed by atoms with Gasteiger partial charge in [0.1, 0.15) is 18.6 Å². The normalized spacial score (nSPS) is 9.93. The molecule has 0 aromatic heterocycles. The Bertz CT molecular complexity index is 284. The number of halogens is 1. The van der Waals surface area contributed by atoms with Crippen molar-refractivity contribution in [2.75, 3.05) is 25.2 Å². The summed E-state index contributed by atoms with van der Waals surface area (Å²) < 4.78 is 10.6. The molecule has 0 saturated heterocycles. The molecule has 0 atom stereocenters. The summed E-state index contributed by atoms with van der Waals surface area (Å²) >= 11 is 3.26. The standard InChI is InChI=1S/C11H13BrO3/c12-5-6-14-7-8-15-11-3-1-10(9-13)2-4-11/h1-4,9H,5-8H2. The molecule has 1 aromatic rings. The van der Waals surface area contributed by atoms with Gasteiger partial charge in [-0.15, -0.1) is 0 Å². The number of alkyl halides is 1. The van der Waals surface area contributed by atoms with E-state index in [1.165, 1.54) is 0 Å². The summed E-state index contributed by atoms with van der Waals surface area (Å²) in [7, 11) is 0. The molecule has 0 aliphatic heterocycles. The van der Waals surface area contributed by atoms with Crippen molar-refractivity contribution in [1.82, 2.24) is 0 Å². The molecule has 0 aliphatic rings. The molecule has 0 bridgehead atoms. The molecule has 82 valence electrons. The first-order chi connectivity index (χ1) is 7.36. The van der Waals surface area contributed by atoms with Gasteiger partial charge in [-0.1, -0.05) is 15.9 Å². The van der Waals surface area contributed by atoms with Crippen molar-refractivity contribution in [3.63, 3.8) is 0 Å². The second kappa shape index (κ2) is 7.43. The average Bonchev–Trinajstić information content (AvgIpc) is 2.30. The Labute approximate surface area is 97.5 Å². The highest BCUT2D eigenvalue weighted by molar-refractivity contribution is 9.09. The highest BCUT2D eigenvalue weighted by Gasteiger charge is 1.94. The Hall–Kier alpha value is -0.870. The fourth-order valence-electron chi connectivity index (χ4n) is 1.02. The van der Waals surface area contributed by atoms with Crippen LogP contribution in [0.5, 0.6) is 5.75 Å². The molecular weight excluding hydrogens is 260 g/mol. The Kier molecular flexibility index (Phi) is 6.04. The van der Waals surface area contributed by atoms with Gasteiger partial charge in [0.25, 0.3) is 0 Å². The van der Waals surface area contributed by atoms with E-state index < -0.39 is 0 Å². The van der Waals surface area contributed by atoms with Crippen molar-refractivity contribution < 1.29 is 14.3 Å². The topological polar surface area (TPSA) is 35.5 Å². The smallest absolute Gasteiger partial charge is 0.150 e. The van der Waals surface area contributed by atoms with Crippen molar-refractivity contribution in [2.45, 2.75) is 0 Å². The summed E-state index contributed by atoms with van der Waals surface area (Å²) in [6, 6.07) is 6.99. The van der Waals surface area contributed by atoms with Crippen molar-refractivity contribution in [3.8, 4) is 5.75 Å². The predicted molar refractivity (Wildman–Crippen MR) is 61.9 cm³/mol. The minimum atomic E-state index is 0.521. The van der Waals surface area contributed by atoms with Crippen molar-refractivity contribution in [3.05, 3.63) is 29.8 Å². The Morgan fingerprint density at radius 2 is 1.87 bits per heavy atom. The maximum atomic E-state index is 10.4. The Morgan fingerprint density at radius 1 is 1.13 bits per heavy atom. The van der Waals surface area contributed by atoms with Gasteiger partial charge >= 0.3 is 0 Å². The highest BCUT2D eigenvalue weighted by Crippen LogP contribution is 2.10. The molecule has 4 heteroatoms. The van der Waals surface area contributed by atoms with Gasteiger partial charge in [-0.25, -0.2) is 0 Å². The molecule has 0 fully saturated rings. The third-order valence-electron chi connectivity index (χ3n) is 1.73. The van der Waals surface area contributed by atoms with E-state index in [0.717, 1.165) is 17.4 Å². The maximum absolute atomic E-state index is 10.4. The van der Waals surface area contributed by atoms with Gasteiger partial charge in [0.15, 0.2) is 0 Å². The minimum absolute atomic E-state index is 0.521. The number of aldehydes is 1. The average molecular weight is 273 g/mol. The lowest BCUT2D eigenvalue weighted by Gasteiger charge is -2.06. The van der Waals surface area contributed by atoms with Crippen LogP contribution in [0.2, 0.25) is 0 Å². The van der Waals surface area contributed by atoms with Gasteiger partial charge in [-0.05, 0) is 24.3 Å². The molecule has 15 heavy (non-hydrogen) atoms. The SMILES string of the molecule is O=Cc1ccc(OCCOCCBr)cc1. The molecule has 0 N–H and O–H groups in total. The number of rotatable bonds is 7. The zero-order chi connectivity index (χ0) is 10.9. The second-order valence-corrected chi connectivity index (χ2v) is 3.63. The third kappa shape index (κ3) is 4.95. The van der Waals surface area contributed by atoms with Gasteiger partial charge in [-0.3, -0.25) is 4.79 Å². The van der Waals surface area contributed by atoms with Crippen LogP contribution >= 0.6 is 15.9 Å². The minimum Gasteiger partial charge on any atom is -0.491 e. The number of carbonyl (C=O) groups is 1. The van der Waals surface area contributed by atoms with Crippen LogP contribution in [0.3, 0.4) is 0 Å². The third-order valence-corrected chi connectivity index (χ3v) is 2.06. The molecule has 3 nitrogen and oxygen atoms in total. The van der Waals surface area contributed by atoms with E-state index in [1.807, 2.05) is 0 Å². The number of carbonyl (C=O) groups excluding carboxylic acids is 1. The lowest BCUT2D eigenvalue weighted by molar-refractivity contribution is 0.111. The Balaban J connectivity index is 2.22. The zero-order valence-electron chi connectivity index (χ0n) is 8.32. The summed E-state index contributed by atoms with van der Waals surface area (Å²) in [5, 5.41) is 0.834. The number of benzene rings is 1. The molecular formula is C11H13BrO3. The Morgan fingerprint density at radius 3 is 2.47 bits per heavy atom. The van der Waals surface area contributed by atoms with Gasteiger partial charge in [0.05, 0.1) is 13.2 Å². The first-order valence-corrected chi connectivity index (χ1v) is 5.80. The van der Waals surface area contributed by atoms with Gasteiger partial charge in [-0.2, -0.15) is 0 Å². The van der Waals surface area contributed by atoms with Gasteiger partial charge in [0.2, 0.25) is 0 Å². The molecule has 0 radical (unpaired) electrons. The van der Waals surface area contributed by atoms with Crippen molar-refractivity contribution in [2.24, 2.45) is 0 Å². The molecule has 0 saturated carbocycles. The summed E-state index contributed by atoms with van der Waals surface area (Å²) in [5.41, 5.74) is 0.651. The second-order valence-electron chi connectivity index (χ2n) is 2.84. The molecule has 0 amide bonds. The van der Waals surface area contributed by atoms with Crippen molar-refractivity contribution >= 4 is 22.2 Å². The number of hydrogen-bond donors (Lipinski definition) is 0. The fourth-order valence-corrected chi connectivity index (χ4v) is 1.25. The van der Waals surface area contributed by atoms with Crippen LogP contribution in [-0.2, 0) is 4.74 Å². The molecule has 0 spiro atoms. The summed E-state index contributed by atoms with van der Waals surface area (Å²) in [4.78, 5) is 10.4. The summed E-state index contributed by atoms with van der Waals surface area (Å²) in [6.45, 7) is 1.78. The van der Waals surface area contributed by atoms with Crippen LogP contribution in [0.25, 0.3) is 0 Å². The quantitative estimate of drug-likeness (QED) is 0.434. The lowest BCUT2D eigenvalue weighted by Crippen LogP contribution is -2.07. The molecule has 0 heterocycles. The zero-order valence-corrected chi connectivity index (χ0v) is 9.90. The van der Waals surface area contributed by atoms with Crippen LogP contribution in [-0.4, -0.2) is 31.4 Å². The predicted octanol–water partition coefficient (Wildman–Crippen LogP) is 2.29. The van der Waals surface area contributed by atoms with Crippen LogP contribution < -0.4 is 4.74 Å².